The lowest BCUT2D eigenvalue weighted by molar-refractivity contribution is -0.110. The lowest BCUT2D eigenvalue weighted by atomic mass is 9.73. The number of benzene rings is 1. The zero-order valence-electron chi connectivity index (χ0n) is 13.4. The molecule has 0 amide bonds. The molecule has 1 aromatic carbocycles. The van der Waals surface area contributed by atoms with E-state index in [1.807, 2.05) is 0 Å². The molecule has 1 aromatic rings. The summed E-state index contributed by atoms with van der Waals surface area (Å²) < 4.78 is 0. The monoisotopic (exact) mass is 285 g/mol. The van der Waals surface area contributed by atoms with Crippen molar-refractivity contribution in [2.75, 3.05) is 19.6 Å². The molecule has 3 rings (SSSR count). The Balaban J connectivity index is 1.74. The molecule has 0 spiro atoms. The van der Waals surface area contributed by atoms with Crippen LogP contribution >= 0.6 is 0 Å². The van der Waals surface area contributed by atoms with Gasteiger partial charge in [-0.3, -0.25) is 0 Å². The standard InChI is InChI=1S/C19H27NO/c1-14-11-17-6-5-16(7-10-20-8-3-4-9-20)19(13-21)18(17)12-15(14)2/h11-13,16,19H,3-10H2,1-2H3. The highest BCUT2D eigenvalue weighted by Crippen LogP contribution is 2.38. The van der Waals surface area contributed by atoms with Crippen LogP contribution in [0.15, 0.2) is 12.1 Å². The molecule has 1 aliphatic heterocycles. The smallest absolute Gasteiger partial charge is 0.127 e. The van der Waals surface area contributed by atoms with Crippen molar-refractivity contribution in [1.82, 2.24) is 4.90 Å². The highest BCUT2D eigenvalue weighted by molar-refractivity contribution is 5.65. The quantitative estimate of drug-likeness (QED) is 0.787. The molecule has 0 aromatic heterocycles. The maximum Gasteiger partial charge on any atom is 0.127 e. The minimum absolute atomic E-state index is 0.121. The second kappa shape index (κ2) is 6.31. The van der Waals surface area contributed by atoms with Crippen LogP contribution in [0.25, 0.3) is 0 Å². The van der Waals surface area contributed by atoms with Crippen molar-refractivity contribution < 1.29 is 4.79 Å². The van der Waals surface area contributed by atoms with E-state index in [0.717, 1.165) is 6.42 Å². The molecule has 2 nitrogen and oxygen atoms in total. The molecule has 1 aliphatic carbocycles. The van der Waals surface area contributed by atoms with Gasteiger partial charge in [0.15, 0.2) is 0 Å². The number of hydrogen-bond acceptors (Lipinski definition) is 2. The SMILES string of the molecule is Cc1cc2c(cc1C)C(C=O)C(CCN1CCCC1)CC2. The van der Waals surface area contributed by atoms with E-state index in [9.17, 15) is 4.79 Å². The van der Waals surface area contributed by atoms with E-state index in [1.165, 1.54) is 73.9 Å². The summed E-state index contributed by atoms with van der Waals surface area (Å²) >= 11 is 0. The molecule has 2 unspecified atom stereocenters. The van der Waals surface area contributed by atoms with Crippen LogP contribution in [0.4, 0.5) is 0 Å². The number of likely N-dealkylation sites (tertiary alicyclic amines) is 1. The maximum absolute atomic E-state index is 11.7. The van der Waals surface area contributed by atoms with E-state index in [0.29, 0.717) is 5.92 Å². The van der Waals surface area contributed by atoms with Gasteiger partial charge in [0.1, 0.15) is 6.29 Å². The average Bonchev–Trinajstić information content (AvgIpc) is 2.99. The number of nitrogens with zero attached hydrogens (tertiary/aromatic N) is 1. The average molecular weight is 285 g/mol. The van der Waals surface area contributed by atoms with Gasteiger partial charge >= 0.3 is 0 Å². The fourth-order valence-electron chi connectivity index (χ4n) is 4.06. The summed E-state index contributed by atoms with van der Waals surface area (Å²) in [5.74, 6) is 0.661. The third-order valence-electron chi connectivity index (χ3n) is 5.57. The predicted molar refractivity (Wildman–Crippen MR) is 86.8 cm³/mol. The third kappa shape index (κ3) is 3.06. The Labute approximate surface area is 128 Å². The van der Waals surface area contributed by atoms with E-state index in [-0.39, 0.29) is 5.92 Å². The van der Waals surface area contributed by atoms with Crippen LogP contribution in [0.3, 0.4) is 0 Å². The van der Waals surface area contributed by atoms with Gasteiger partial charge in [-0.2, -0.15) is 0 Å². The Kier molecular flexibility index (Phi) is 4.44. The molecule has 21 heavy (non-hydrogen) atoms. The molecular weight excluding hydrogens is 258 g/mol. The van der Waals surface area contributed by atoms with Crippen molar-refractivity contribution in [3.05, 3.63) is 34.4 Å². The summed E-state index contributed by atoms with van der Waals surface area (Å²) in [5, 5.41) is 0. The Hall–Kier alpha value is -1.15. The molecule has 0 bridgehead atoms. The topological polar surface area (TPSA) is 20.3 Å². The highest BCUT2D eigenvalue weighted by atomic mass is 16.1. The second-order valence-corrected chi connectivity index (χ2v) is 6.93. The van der Waals surface area contributed by atoms with E-state index in [2.05, 4.69) is 30.9 Å². The lowest BCUT2D eigenvalue weighted by Gasteiger charge is -2.32. The number of hydrogen-bond donors (Lipinski definition) is 0. The van der Waals surface area contributed by atoms with Crippen molar-refractivity contribution in [1.29, 1.82) is 0 Å². The fraction of sp³-hybridized carbons (Fsp3) is 0.632. The number of rotatable bonds is 4. The van der Waals surface area contributed by atoms with Crippen LogP contribution in [0.2, 0.25) is 0 Å². The van der Waals surface area contributed by atoms with E-state index in [1.54, 1.807) is 0 Å². The second-order valence-electron chi connectivity index (χ2n) is 6.93. The number of carbonyl (C=O) groups excluding carboxylic acids is 1. The van der Waals surface area contributed by atoms with E-state index in [4.69, 9.17) is 0 Å². The van der Waals surface area contributed by atoms with Gasteiger partial charge in [-0.1, -0.05) is 12.1 Å². The predicted octanol–water partition coefficient (Wildman–Crippen LogP) is 3.63. The summed E-state index contributed by atoms with van der Waals surface area (Å²) in [7, 11) is 0. The Bertz CT molecular complexity index is 517. The van der Waals surface area contributed by atoms with Crippen LogP contribution in [0.1, 0.15) is 53.9 Å². The van der Waals surface area contributed by atoms with Crippen LogP contribution in [-0.4, -0.2) is 30.8 Å². The van der Waals surface area contributed by atoms with Gasteiger partial charge in [-0.05, 0) is 93.8 Å². The van der Waals surface area contributed by atoms with Gasteiger partial charge in [-0.25, -0.2) is 0 Å². The number of carbonyl (C=O) groups is 1. The molecule has 1 saturated heterocycles. The van der Waals surface area contributed by atoms with E-state index < -0.39 is 0 Å². The van der Waals surface area contributed by atoms with E-state index >= 15 is 0 Å². The van der Waals surface area contributed by atoms with Crippen molar-refractivity contribution in [2.45, 2.75) is 51.9 Å². The first kappa shape index (κ1) is 14.8. The largest absolute Gasteiger partial charge is 0.303 e. The summed E-state index contributed by atoms with van der Waals surface area (Å²) in [5.41, 5.74) is 5.40. The molecular formula is C19H27NO. The Morgan fingerprint density at radius 3 is 2.62 bits per heavy atom. The minimum Gasteiger partial charge on any atom is -0.303 e. The first-order valence-corrected chi connectivity index (χ1v) is 8.46. The zero-order valence-corrected chi connectivity index (χ0v) is 13.4. The first-order chi connectivity index (χ1) is 10.2. The van der Waals surface area contributed by atoms with Crippen molar-refractivity contribution in [3.63, 3.8) is 0 Å². The van der Waals surface area contributed by atoms with Crippen molar-refractivity contribution in [2.24, 2.45) is 5.92 Å². The molecule has 2 aliphatic rings. The zero-order chi connectivity index (χ0) is 14.8. The fourth-order valence-corrected chi connectivity index (χ4v) is 4.06. The summed E-state index contributed by atoms with van der Waals surface area (Å²) in [4.78, 5) is 14.3. The summed E-state index contributed by atoms with van der Waals surface area (Å²) in [6.45, 7) is 8.02. The molecule has 2 heteroatoms. The Morgan fingerprint density at radius 1 is 1.19 bits per heavy atom. The normalized spacial score (nSPS) is 25.8. The number of aldehydes is 1. The van der Waals surface area contributed by atoms with Gasteiger partial charge in [0.05, 0.1) is 0 Å². The van der Waals surface area contributed by atoms with Crippen molar-refractivity contribution in [3.8, 4) is 0 Å². The Morgan fingerprint density at radius 2 is 1.90 bits per heavy atom. The van der Waals surface area contributed by atoms with Crippen LogP contribution in [0, 0.1) is 19.8 Å². The van der Waals surface area contributed by atoms with Gasteiger partial charge in [0.2, 0.25) is 0 Å². The molecule has 1 heterocycles. The van der Waals surface area contributed by atoms with Crippen LogP contribution in [0.5, 0.6) is 0 Å². The van der Waals surface area contributed by atoms with Gasteiger partial charge in [-0.15, -0.1) is 0 Å². The minimum atomic E-state index is 0.121. The van der Waals surface area contributed by atoms with Crippen molar-refractivity contribution >= 4 is 6.29 Å². The first-order valence-electron chi connectivity index (χ1n) is 8.46. The molecule has 2 atom stereocenters. The number of fused-ring (bicyclic) bond motifs is 1. The van der Waals surface area contributed by atoms with Gasteiger partial charge in [0, 0.05) is 5.92 Å². The van der Waals surface area contributed by atoms with Gasteiger partial charge < -0.3 is 9.69 Å². The van der Waals surface area contributed by atoms with Gasteiger partial charge in [0.25, 0.3) is 0 Å². The molecule has 114 valence electrons. The maximum atomic E-state index is 11.7. The third-order valence-corrected chi connectivity index (χ3v) is 5.57. The summed E-state index contributed by atoms with van der Waals surface area (Å²) in [6, 6.07) is 4.57. The highest BCUT2D eigenvalue weighted by Gasteiger charge is 2.30. The molecule has 0 radical (unpaired) electrons. The number of aryl methyl sites for hydroxylation is 3. The lowest BCUT2D eigenvalue weighted by Crippen LogP contribution is -2.28. The molecule has 0 saturated carbocycles. The summed E-state index contributed by atoms with van der Waals surface area (Å²) in [6.07, 6.45) is 7.40. The van der Waals surface area contributed by atoms with Crippen LogP contribution < -0.4 is 0 Å². The van der Waals surface area contributed by atoms with Crippen LogP contribution in [-0.2, 0) is 11.2 Å². The molecule has 1 fully saturated rings. The molecule has 0 N–H and O–H groups in total.